The number of fused-ring (bicyclic) bond motifs is 4. The number of aromatic nitrogens is 4. The van der Waals surface area contributed by atoms with E-state index in [2.05, 4.69) is 10.6 Å². The summed E-state index contributed by atoms with van der Waals surface area (Å²) in [5.74, 6) is -0.267. The van der Waals surface area contributed by atoms with Crippen LogP contribution in [0.25, 0.3) is 39.2 Å². The Morgan fingerprint density at radius 3 is 2.49 bits per heavy atom. The number of nitrogens with zero attached hydrogens (tertiary/aromatic N) is 5. The van der Waals surface area contributed by atoms with Crippen LogP contribution in [0.3, 0.4) is 0 Å². The van der Waals surface area contributed by atoms with Crippen LogP contribution in [0.5, 0.6) is 0 Å². The van der Waals surface area contributed by atoms with E-state index in [0.29, 0.717) is 40.7 Å². The number of halogens is 1. The number of rotatable bonds is 6. The molecule has 0 radical (unpaired) electrons. The van der Waals surface area contributed by atoms with Gasteiger partial charge in [-0.3, -0.25) is 9.59 Å². The quantitative estimate of drug-likeness (QED) is 0.307. The van der Waals surface area contributed by atoms with Crippen molar-refractivity contribution in [1.82, 2.24) is 24.1 Å². The summed E-state index contributed by atoms with van der Waals surface area (Å²) in [7, 11) is 0. The number of primary amides is 1. The molecule has 4 N–H and O–H groups in total. The van der Waals surface area contributed by atoms with Gasteiger partial charge >= 0.3 is 0 Å². The molecule has 3 atom stereocenters. The number of hydrogen-bond acceptors (Lipinski definition) is 5. The Bertz CT molecular complexity index is 1960. The number of nitrogens with two attached hydrogens (primary N) is 2. The van der Waals surface area contributed by atoms with Gasteiger partial charge in [-0.1, -0.05) is 12.1 Å². The Hall–Kier alpha value is -4.57. The molecule has 5 aromatic rings. The molecule has 10 heteroatoms. The Kier molecular flexibility index (Phi) is 5.74. The number of benzene rings is 1. The number of carbonyl (C=O) groups excluding carboxylic acids is 2. The molecule has 2 bridgehead atoms. The largest absolute Gasteiger partial charge is 0.366 e. The van der Waals surface area contributed by atoms with Crippen LogP contribution in [0.15, 0.2) is 54.7 Å². The van der Waals surface area contributed by atoms with Crippen molar-refractivity contribution in [3.05, 3.63) is 77.2 Å². The second kappa shape index (κ2) is 9.47. The first kappa shape index (κ1) is 26.1. The number of aryl methyl sites for hydroxylation is 1. The minimum atomic E-state index is -0.472. The lowest BCUT2D eigenvalue weighted by Crippen LogP contribution is -2.41. The van der Waals surface area contributed by atoms with Crippen LogP contribution in [-0.2, 0) is 6.54 Å². The van der Waals surface area contributed by atoms with Crippen molar-refractivity contribution >= 4 is 28.4 Å². The van der Waals surface area contributed by atoms with E-state index in [1.807, 2.05) is 36.1 Å². The van der Waals surface area contributed by atoms with Gasteiger partial charge in [-0.15, -0.1) is 0 Å². The van der Waals surface area contributed by atoms with Gasteiger partial charge in [-0.25, -0.2) is 13.9 Å². The van der Waals surface area contributed by atoms with Crippen molar-refractivity contribution in [3.63, 3.8) is 0 Å². The predicted octanol–water partition coefficient (Wildman–Crippen LogP) is 4.54. The zero-order chi connectivity index (χ0) is 29.6. The number of likely N-dealkylation sites (tertiary alicyclic amines) is 1. The zero-order valence-electron chi connectivity index (χ0n) is 23.8. The van der Waals surface area contributed by atoms with E-state index in [1.54, 1.807) is 18.3 Å². The van der Waals surface area contributed by atoms with E-state index in [-0.39, 0.29) is 23.6 Å². The lowest BCUT2D eigenvalue weighted by molar-refractivity contribution is 0.0699. The molecule has 9 nitrogen and oxygen atoms in total. The van der Waals surface area contributed by atoms with Crippen LogP contribution in [0.4, 0.5) is 4.39 Å². The molecule has 3 aliphatic rings. The molecular weight excluding hydrogens is 545 g/mol. The lowest BCUT2D eigenvalue weighted by atomic mass is 10.1. The van der Waals surface area contributed by atoms with Crippen molar-refractivity contribution in [3.8, 4) is 22.6 Å². The fourth-order valence-corrected chi connectivity index (χ4v) is 7.11. The maximum atomic E-state index is 15.7. The first-order valence-corrected chi connectivity index (χ1v) is 14.9. The highest BCUT2D eigenvalue weighted by molar-refractivity contribution is 5.95. The number of hydrogen-bond donors (Lipinski definition) is 2. The van der Waals surface area contributed by atoms with E-state index in [9.17, 15) is 9.59 Å². The SMILES string of the molecule is Cc1c(-c2cc3ccc(-c4ccc(C(N)=O)cc4)nc3n2CC2CC2)nn2cc(C(=O)N3CC4CCC3[C@@H]4N)cc(F)c12. The minimum Gasteiger partial charge on any atom is -0.366 e. The van der Waals surface area contributed by atoms with E-state index in [1.165, 1.54) is 10.6 Å². The summed E-state index contributed by atoms with van der Waals surface area (Å²) in [6.45, 7) is 3.28. The Labute approximate surface area is 247 Å². The molecule has 1 aliphatic heterocycles. The molecule has 2 aliphatic carbocycles. The van der Waals surface area contributed by atoms with Crippen molar-refractivity contribution in [2.75, 3.05) is 6.54 Å². The van der Waals surface area contributed by atoms with E-state index >= 15 is 4.39 Å². The first-order chi connectivity index (χ1) is 20.8. The highest BCUT2D eigenvalue weighted by atomic mass is 19.1. The van der Waals surface area contributed by atoms with E-state index in [4.69, 9.17) is 21.5 Å². The predicted molar refractivity (Wildman–Crippen MR) is 161 cm³/mol. The summed E-state index contributed by atoms with van der Waals surface area (Å²) in [5.41, 5.74) is 17.6. The molecule has 2 unspecified atom stereocenters. The minimum absolute atomic E-state index is 0.00639. The van der Waals surface area contributed by atoms with Crippen molar-refractivity contribution in [1.29, 1.82) is 0 Å². The molecule has 5 heterocycles. The van der Waals surface area contributed by atoms with Crippen LogP contribution in [0, 0.1) is 24.6 Å². The van der Waals surface area contributed by atoms with Gasteiger partial charge in [0.15, 0.2) is 0 Å². The smallest absolute Gasteiger partial charge is 0.255 e. The van der Waals surface area contributed by atoms with Gasteiger partial charge in [0.1, 0.15) is 22.7 Å². The second-order valence-electron chi connectivity index (χ2n) is 12.4. The monoisotopic (exact) mass is 577 g/mol. The van der Waals surface area contributed by atoms with Gasteiger partial charge < -0.3 is 20.9 Å². The third kappa shape index (κ3) is 4.15. The molecule has 0 spiro atoms. The van der Waals surface area contributed by atoms with Gasteiger partial charge in [-0.2, -0.15) is 5.10 Å². The molecular formula is C33H32FN7O2. The third-order valence-corrected chi connectivity index (χ3v) is 9.67. The summed E-state index contributed by atoms with van der Waals surface area (Å²) >= 11 is 0. The van der Waals surface area contributed by atoms with Gasteiger partial charge in [0.05, 0.1) is 17.0 Å². The number of piperidine rings is 1. The topological polar surface area (TPSA) is 125 Å². The standard InChI is InChI=1S/C33H32FN7O2/c1-17-29(38-41-16-23(12-24(34)30(17)41)33(43)40-15-22-9-11-26(40)28(22)35)27-13-21-8-10-25(19-4-6-20(7-5-19)31(36)42)37-32(21)39(27)14-18-2-3-18/h4-8,10,12-13,16,18,22,26,28H,2-3,9,11,14-15,35H2,1H3,(H2,36,42)/t22?,26?,28-/m1/s1. The van der Waals surface area contributed by atoms with Crippen molar-refractivity contribution in [2.45, 2.75) is 51.2 Å². The number of amides is 2. The van der Waals surface area contributed by atoms with Gasteiger partial charge in [0.2, 0.25) is 5.91 Å². The zero-order valence-corrected chi connectivity index (χ0v) is 23.8. The highest BCUT2D eigenvalue weighted by Gasteiger charge is 2.47. The van der Waals surface area contributed by atoms with Gasteiger partial charge in [0.25, 0.3) is 5.91 Å². The summed E-state index contributed by atoms with van der Waals surface area (Å²) in [6, 6.07) is 14.5. The first-order valence-electron chi connectivity index (χ1n) is 14.9. The summed E-state index contributed by atoms with van der Waals surface area (Å²) in [6.07, 6.45) is 5.89. The van der Waals surface area contributed by atoms with Crippen LogP contribution in [-0.4, -0.2) is 54.5 Å². The van der Waals surface area contributed by atoms with Gasteiger partial charge in [-0.05, 0) is 80.8 Å². The molecule has 2 saturated carbocycles. The van der Waals surface area contributed by atoms with Crippen LogP contribution in [0.2, 0.25) is 0 Å². The van der Waals surface area contributed by atoms with Crippen LogP contribution < -0.4 is 11.5 Å². The lowest BCUT2D eigenvalue weighted by Gasteiger charge is -2.27. The fraction of sp³-hybridized carbons (Fsp3) is 0.333. The molecule has 218 valence electrons. The molecule has 2 amide bonds. The molecule has 43 heavy (non-hydrogen) atoms. The normalized spacial score (nSPS) is 21.4. The average Bonchev–Trinajstić information content (AvgIpc) is 3.40. The number of carbonyl (C=O) groups is 2. The highest BCUT2D eigenvalue weighted by Crippen LogP contribution is 2.39. The second-order valence-corrected chi connectivity index (χ2v) is 12.4. The molecule has 8 rings (SSSR count). The summed E-state index contributed by atoms with van der Waals surface area (Å²) in [4.78, 5) is 31.8. The van der Waals surface area contributed by atoms with E-state index < -0.39 is 11.7 Å². The van der Waals surface area contributed by atoms with Crippen molar-refractivity contribution < 1.29 is 14.0 Å². The molecule has 1 saturated heterocycles. The molecule has 4 aromatic heterocycles. The van der Waals surface area contributed by atoms with E-state index in [0.717, 1.165) is 60.2 Å². The number of pyridine rings is 2. The summed E-state index contributed by atoms with van der Waals surface area (Å²) < 4.78 is 19.4. The summed E-state index contributed by atoms with van der Waals surface area (Å²) in [5, 5.41) is 5.81. The van der Waals surface area contributed by atoms with Crippen LogP contribution >= 0.6 is 0 Å². The maximum absolute atomic E-state index is 15.7. The molecule has 3 fully saturated rings. The van der Waals surface area contributed by atoms with Crippen LogP contribution in [0.1, 0.15) is 52.0 Å². The Morgan fingerprint density at radius 1 is 1.02 bits per heavy atom. The average molecular weight is 578 g/mol. The Balaban J connectivity index is 1.21. The fourth-order valence-electron chi connectivity index (χ4n) is 7.11. The maximum Gasteiger partial charge on any atom is 0.255 e. The molecule has 1 aromatic carbocycles. The third-order valence-electron chi connectivity index (χ3n) is 9.67. The van der Waals surface area contributed by atoms with Gasteiger partial charge in [0, 0.05) is 53.4 Å². The van der Waals surface area contributed by atoms with Crippen molar-refractivity contribution in [2.24, 2.45) is 23.3 Å². The Morgan fingerprint density at radius 2 is 1.81 bits per heavy atom.